The minimum Gasteiger partial charge on any atom is -1.00 e. The predicted octanol–water partition coefficient (Wildman–Crippen LogP) is -1.90. The molecule has 0 amide bonds. The van der Waals surface area contributed by atoms with Gasteiger partial charge in [-0.3, -0.25) is 0 Å². The quantitative estimate of drug-likeness (QED) is 0.444. The second kappa shape index (κ2) is 16.9. The standard InChI is InChI=1S/C9H8.3CH5N.Li.H/c1-2-5-9-7-3-6-8(9)4-1;3*1-2;;/h1-6H,7H2;3*2H2,1H3;;/q;;;;+1;-1. The maximum atomic E-state index is 4.50. The van der Waals surface area contributed by atoms with Crippen molar-refractivity contribution in [3.05, 3.63) is 41.5 Å². The first-order valence-electron chi connectivity index (χ1n) is 4.94. The molecule has 1 aliphatic carbocycles. The molecule has 88 valence electrons. The van der Waals surface area contributed by atoms with Gasteiger partial charge in [-0.25, -0.2) is 0 Å². The minimum atomic E-state index is 0. The van der Waals surface area contributed by atoms with Crippen LogP contribution in [0.25, 0.3) is 6.08 Å². The summed E-state index contributed by atoms with van der Waals surface area (Å²) in [5, 5.41) is 0. The Balaban J connectivity index is -0.0000000942. The Morgan fingerprint density at radius 3 is 1.94 bits per heavy atom. The first-order valence-corrected chi connectivity index (χ1v) is 4.94. The van der Waals surface area contributed by atoms with E-state index in [1.807, 2.05) is 0 Å². The molecule has 1 aromatic carbocycles. The van der Waals surface area contributed by atoms with Gasteiger partial charge in [0.15, 0.2) is 0 Å². The number of nitrogens with two attached hydrogens (primary N) is 3. The van der Waals surface area contributed by atoms with Crippen molar-refractivity contribution in [1.82, 2.24) is 0 Å². The Labute approximate surface area is 113 Å². The zero-order valence-corrected chi connectivity index (χ0v) is 10.9. The number of rotatable bonds is 0. The van der Waals surface area contributed by atoms with Crippen LogP contribution in [-0.4, -0.2) is 21.1 Å². The van der Waals surface area contributed by atoms with E-state index in [0.29, 0.717) is 0 Å². The van der Waals surface area contributed by atoms with Crippen LogP contribution in [0, 0.1) is 0 Å². The molecule has 2 rings (SSSR count). The molecule has 0 fully saturated rings. The molecule has 0 aliphatic heterocycles. The second-order valence-electron chi connectivity index (χ2n) is 2.31. The fourth-order valence-corrected chi connectivity index (χ4v) is 1.20. The molecule has 3 nitrogen and oxygen atoms in total. The maximum Gasteiger partial charge on any atom is 1.00 e. The number of hydrogen-bond donors (Lipinski definition) is 3. The molecule has 0 unspecified atom stereocenters. The topological polar surface area (TPSA) is 78.1 Å². The fraction of sp³-hybridized carbons (Fsp3) is 0.333. The van der Waals surface area contributed by atoms with Crippen molar-refractivity contribution >= 4 is 6.08 Å². The fourth-order valence-electron chi connectivity index (χ4n) is 1.20. The molecule has 0 radical (unpaired) electrons. The zero-order valence-electron chi connectivity index (χ0n) is 11.9. The van der Waals surface area contributed by atoms with E-state index >= 15 is 0 Å². The van der Waals surface area contributed by atoms with Crippen LogP contribution in [0.15, 0.2) is 30.3 Å². The van der Waals surface area contributed by atoms with E-state index in [-0.39, 0.29) is 20.3 Å². The third-order valence-corrected chi connectivity index (χ3v) is 1.69. The number of benzene rings is 1. The molecule has 0 heterocycles. The van der Waals surface area contributed by atoms with Gasteiger partial charge in [0.25, 0.3) is 0 Å². The van der Waals surface area contributed by atoms with Crippen LogP contribution < -0.4 is 36.1 Å². The molecule has 1 aliphatic rings. The summed E-state index contributed by atoms with van der Waals surface area (Å²) in [7, 11) is 4.50. The van der Waals surface area contributed by atoms with E-state index in [4.69, 9.17) is 0 Å². The van der Waals surface area contributed by atoms with Gasteiger partial charge in [0.05, 0.1) is 0 Å². The van der Waals surface area contributed by atoms with Crippen LogP contribution in [0.4, 0.5) is 0 Å². The van der Waals surface area contributed by atoms with E-state index in [0.717, 1.165) is 6.42 Å². The Morgan fingerprint density at radius 2 is 1.44 bits per heavy atom. The monoisotopic (exact) mass is 217 g/mol. The molecular formula is C12H24LiN3. The number of allylic oxidation sites excluding steroid dienone is 1. The number of hydrogen-bond acceptors (Lipinski definition) is 3. The van der Waals surface area contributed by atoms with Crippen LogP contribution >= 0.6 is 0 Å². The smallest absolute Gasteiger partial charge is 1.00 e. The maximum absolute atomic E-state index is 4.50. The van der Waals surface area contributed by atoms with Crippen LogP contribution in [0.5, 0.6) is 0 Å². The van der Waals surface area contributed by atoms with E-state index in [1.54, 1.807) is 0 Å². The van der Waals surface area contributed by atoms with Crippen LogP contribution in [-0.2, 0) is 6.42 Å². The molecule has 0 spiro atoms. The Kier molecular flexibility index (Phi) is 21.9. The third kappa shape index (κ3) is 7.69. The van der Waals surface area contributed by atoms with Crippen molar-refractivity contribution in [3.8, 4) is 0 Å². The molecule has 4 heteroatoms. The number of fused-ring (bicyclic) bond motifs is 1. The van der Waals surface area contributed by atoms with E-state index in [2.05, 4.69) is 53.6 Å². The van der Waals surface area contributed by atoms with E-state index in [9.17, 15) is 0 Å². The van der Waals surface area contributed by atoms with Gasteiger partial charge < -0.3 is 18.6 Å². The molecule has 0 saturated heterocycles. The molecule has 0 atom stereocenters. The van der Waals surface area contributed by atoms with E-state index < -0.39 is 0 Å². The summed E-state index contributed by atoms with van der Waals surface area (Å²) >= 11 is 0. The SMILES string of the molecule is C1=Cc2ccccc2C1.CN.CN.CN.[H-].[Li+]. The molecule has 0 aromatic heterocycles. The molecule has 0 bridgehead atoms. The molecule has 6 N–H and O–H groups in total. The first kappa shape index (κ1) is 20.8. The summed E-state index contributed by atoms with van der Waals surface area (Å²) in [6.07, 6.45) is 5.50. The van der Waals surface area contributed by atoms with Crippen LogP contribution in [0.2, 0.25) is 0 Å². The normalized spacial score (nSPS) is 8.88. The Hall–Kier alpha value is -0.563. The predicted molar refractivity (Wildman–Crippen MR) is 70.6 cm³/mol. The first-order chi connectivity index (χ1) is 7.47. The van der Waals surface area contributed by atoms with E-state index in [1.165, 1.54) is 32.3 Å². The Morgan fingerprint density at radius 1 is 0.938 bits per heavy atom. The average Bonchev–Trinajstić information content (AvgIpc) is 2.85. The molecule has 16 heavy (non-hydrogen) atoms. The van der Waals surface area contributed by atoms with Gasteiger partial charge in [-0.2, -0.15) is 0 Å². The van der Waals surface area contributed by atoms with Crippen molar-refractivity contribution in [2.24, 2.45) is 17.2 Å². The van der Waals surface area contributed by atoms with Crippen LogP contribution in [0.1, 0.15) is 12.6 Å². The van der Waals surface area contributed by atoms with Gasteiger partial charge in [-0.05, 0) is 38.7 Å². The zero-order chi connectivity index (χ0) is 12.1. The summed E-state index contributed by atoms with van der Waals surface area (Å²) in [5.74, 6) is 0. The third-order valence-electron chi connectivity index (χ3n) is 1.69. The van der Waals surface area contributed by atoms with Gasteiger partial charge >= 0.3 is 18.9 Å². The van der Waals surface area contributed by atoms with Crippen molar-refractivity contribution in [3.63, 3.8) is 0 Å². The molecule has 1 aromatic rings. The Bertz CT molecular complexity index is 268. The van der Waals surface area contributed by atoms with Gasteiger partial charge in [0.1, 0.15) is 0 Å². The molecular weight excluding hydrogens is 193 g/mol. The minimum absolute atomic E-state index is 0. The molecule has 0 saturated carbocycles. The van der Waals surface area contributed by atoms with Crippen LogP contribution in [0.3, 0.4) is 0 Å². The van der Waals surface area contributed by atoms with Crippen molar-refractivity contribution in [1.29, 1.82) is 0 Å². The van der Waals surface area contributed by atoms with Gasteiger partial charge in [0, 0.05) is 0 Å². The summed E-state index contributed by atoms with van der Waals surface area (Å²) in [6.45, 7) is 0. The van der Waals surface area contributed by atoms with Gasteiger partial charge in [0.2, 0.25) is 0 Å². The summed E-state index contributed by atoms with van der Waals surface area (Å²) in [6, 6.07) is 8.49. The summed E-state index contributed by atoms with van der Waals surface area (Å²) in [5.41, 5.74) is 16.3. The van der Waals surface area contributed by atoms with Gasteiger partial charge in [-0.1, -0.05) is 36.4 Å². The average molecular weight is 217 g/mol. The van der Waals surface area contributed by atoms with Crippen molar-refractivity contribution < 1.29 is 20.3 Å². The largest absolute Gasteiger partial charge is 1.00 e. The summed E-state index contributed by atoms with van der Waals surface area (Å²) < 4.78 is 0. The van der Waals surface area contributed by atoms with Crippen molar-refractivity contribution in [2.75, 3.05) is 21.1 Å². The van der Waals surface area contributed by atoms with Crippen molar-refractivity contribution in [2.45, 2.75) is 6.42 Å². The van der Waals surface area contributed by atoms with Gasteiger partial charge in [-0.15, -0.1) is 0 Å². The summed E-state index contributed by atoms with van der Waals surface area (Å²) in [4.78, 5) is 0. The second-order valence-corrected chi connectivity index (χ2v) is 2.31.